The summed E-state index contributed by atoms with van der Waals surface area (Å²) in [5.74, 6) is 1.58. The van der Waals surface area contributed by atoms with Crippen molar-refractivity contribution in [3.63, 3.8) is 0 Å². The highest BCUT2D eigenvalue weighted by atomic mass is 16.5. The molecule has 0 saturated heterocycles. The van der Waals surface area contributed by atoms with E-state index >= 15 is 0 Å². The molecular weight excluding hydrogens is 240 g/mol. The minimum Gasteiger partial charge on any atom is -0.381 e. The van der Waals surface area contributed by atoms with Gasteiger partial charge in [-0.05, 0) is 50.5 Å². The molecule has 1 amide bonds. The second kappa shape index (κ2) is 10.2. The third-order valence-electron chi connectivity index (χ3n) is 3.77. The Balaban J connectivity index is 1.88. The van der Waals surface area contributed by atoms with Crippen LogP contribution >= 0.6 is 0 Å². The Labute approximate surface area is 117 Å². The molecule has 4 nitrogen and oxygen atoms in total. The fourth-order valence-corrected chi connectivity index (χ4v) is 2.15. The summed E-state index contributed by atoms with van der Waals surface area (Å²) in [5, 5.41) is 2.96. The number of carbonyl (C=O) groups excluding carboxylic acids is 1. The van der Waals surface area contributed by atoms with Crippen molar-refractivity contribution in [2.75, 3.05) is 26.3 Å². The van der Waals surface area contributed by atoms with Crippen LogP contribution in [-0.2, 0) is 9.53 Å². The van der Waals surface area contributed by atoms with Gasteiger partial charge in [-0.25, -0.2) is 0 Å². The van der Waals surface area contributed by atoms with Gasteiger partial charge in [-0.15, -0.1) is 0 Å². The number of amides is 1. The third-order valence-corrected chi connectivity index (χ3v) is 3.77. The lowest BCUT2D eigenvalue weighted by Crippen LogP contribution is -2.25. The van der Waals surface area contributed by atoms with E-state index in [1.165, 1.54) is 12.8 Å². The molecule has 3 N–H and O–H groups in total. The SMILES string of the molecule is CCC(CCN)CCC(=O)NCCCOCC1CC1. The molecule has 1 fully saturated rings. The highest BCUT2D eigenvalue weighted by Crippen LogP contribution is 2.28. The monoisotopic (exact) mass is 270 g/mol. The van der Waals surface area contributed by atoms with Crippen LogP contribution < -0.4 is 11.1 Å². The summed E-state index contributed by atoms with van der Waals surface area (Å²) in [6.45, 7) is 5.29. The van der Waals surface area contributed by atoms with Crippen molar-refractivity contribution in [2.45, 2.75) is 51.9 Å². The van der Waals surface area contributed by atoms with Gasteiger partial charge in [0, 0.05) is 26.2 Å². The van der Waals surface area contributed by atoms with Gasteiger partial charge >= 0.3 is 0 Å². The van der Waals surface area contributed by atoms with Gasteiger partial charge in [0.15, 0.2) is 0 Å². The molecule has 0 spiro atoms. The minimum absolute atomic E-state index is 0.165. The number of carbonyl (C=O) groups is 1. The van der Waals surface area contributed by atoms with Crippen molar-refractivity contribution in [2.24, 2.45) is 17.6 Å². The third kappa shape index (κ3) is 9.00. The number of hydrogen-bond donors (Lipinski definition) is 2. The molecule has 19 heavy (non-hydrogen) atoms. The predicted molar refractivity (Wildman–Crippen MR) is 77.9 cm³/mol. The minimum atomic E-state index is 0.165. The van der Waals surface area contributed by atoms with Gasteiger partial charge in [-0.1, -0.05) is 13.3 Å². The van der Waals surface area contributed by atoms with E-state index in [1.807, 2.05) is 0 Å². The van der Waals surface area contributed by atoms with Crippen LogP contribution in [0.3, 0.4) is 0 Å². The van der Waals surface area contributed by atoms with Crippen molar-refractivity contribution in [3.8, 4) is 0 Å². The molecular formula is C15H30N2O2. The van der Waals surface area contributed by atoms with Crippen LogP contribution in [-0.4, -0.2) is 32.2 Å². The van der Waals surface area contributed by atoms with E-state index in [2.05, 4.69) is 12.2 Å². The highest BCUT2D eigenvalue weighted by Gasteiger charge is 2.20. The number of nitrogens with two attached hydrogens (primary N) is 1. The molecule has 1 atom stereocenters. The molecule has 0 bridgehead atoms. The number of ether oxygens (including phenoxy) is 1. The summed E-state index contributed by atoms with van der Waals surface area (Å²) in [7, 11) is 0. The molecule has 1 unspecified atom stereocenters. The second-order valence-corrected chi connectivity index (χ2v) is 5.61. The Morgan fingerprint density at radius 2 is 2.21 bits per heavy atom. The van der Waals surface area contributed by atoms with E-state index in [4.69, 9.17) is 10.5 Å². The van der Waals surface area contributed by atoms with Crippen LogP contribution in [0.15, 0.2) is 0 Å². The average molecular weight is 270 g/mol. The zero-order valence-corrected chi connectivity index (χ0v) is 12.3. The summed E-state index contributed by atoms with van der Waals surface area (Å²) in [4.78, 5) is 11.6. The normalized spacial score (nSPS) is 16.3. The van der Waals surface area contributed by atoms with Crippen molar-refractivity contribution < 1.29 is 9.53 Å². The smallest absolute Gasteiger partial charge is 0.220 e. The summed E-state index contributed by atoms with van der Waals surface area (Å²) < 4.78 is 5.52. The molecule has 1 aliphatic rings. The maximum atomic E-state index is 11.6. The quantitative estimate of drug-likeness (QED) is 0.534. The Kier molecular flexibility index (Phi) is 8.84. The lowest BCUT2D eigenvalue weighted by Gasteiger charge is -2.13. The number of rotatable bonds is 12. The standard InChI is InChI=1S/C15H30N2O2/c1-2-13(8-9-16)6-7-15(18)17-10-3-11-19-12-14-4-5-14/h13-14H,2-12,16H2,1H3,(H,17,18). The molecule has 0 aliphatic heterocycles. The molecule has 0 aromatic carbocycles. The van der Waals surface area contributed by atoms with E-state index in [9.17, 15) is 4.79 Å². The average Bonchev–Trinajstić information content (AvgIpc) is 3.22. The Bertz CT molecular complexity index is 242. The van der Waals surface area contributed by atoms with Crippen molar-refractivity contribution in [1.82, 2.24) is 5.32 Å². The second-order valence-electron chi connectivity index (χ2n) is 5.61. The molecule has 1 aliphatic carbocycles. The first-order chi connectivity index (χ1) is 9.26. The van der Waals surface area contributed by atoms with Gasteiger partial charge in [0.2, 0.25) is 5.91 Å². The lowest BCUT2D eigenvalue weighted by molar-refractivity contribution is -0.121. The van der Waals surface area contributed by atoms with Crippen LogP contribution in [0.2, 0.25) is 0 Å². The molecule has 1 rings (SSSR count). The Morgan fingerprint density at radius 1 is 1.42 bits per heavy atom. The Hall–Kier alpha value is -0.610. The van der Waals surface area contributed by atoms with Crippen LogP contribution in [0, 0.1) is 11.8 Å². The summed E-state index contributed by atoms with van der Waals surface area (Å²) in [6, 6.07) is 0. The zero-order chi connectivity index (χ0) is 13.9. The summed E-state index contributed by atoms with van der Waals surface area (Å²) in [5.41, 5.74) is 5.55. The first kappa shape index (κ1) is 16.4. The first-order valence-corrected chi connectivity index (χ1v) is 7.80. The van der Waals surface area contributed by atoms with Gasteiger partial charge in [-0.2, -0.15) is 0 Å². The van der Waals surface area contributed by atoms with Crippen LogP contribution in [0.1, 0.15) is 51.9 Å². The van der Waals surface area contributed by atoms with Gasteiger partial charge in [0.05, 0.1) is 0 Å². The van der Waals surface area contributed by atoms with E-state index in [-0.39, 0.29) is 5.91 Å². The fraction of sp³-hybridized carbons (Fsp3) is 0.933. The van der Waals surface area contributed by atoms with Gasteiger partial charge in [-0.3, -0.25) is 4.79 Å². The number of nitrogens with one attached hydrogen (secondary N) is 1. The topological polar surface area (TPSA) is 64.4 Å². The largest absolute Gasteiger partial charge is 0.381 e. The molecule has 112 valence electrons. The van der Waals surface area contributed by atoms with Gasteiger partial charge in [0.25, 0.3) is 0 Å². The first-order valence-electron chi connectivity index (χ1n) is 7.80. The predicted octanol–water partition coefficient (Wildman–Crippen LogP) is 2.07. The van der Waals surface area contributed by atoms with Gasteiger partial charge < -0.3 is 15.8 Å². The molecule has 1 saturated carbocycles. The molecule has 0 aromatic heterocycles. The van der Waals surface area contributed by atoms with E-state index in [1.54, 1.807) is 0 Å². The van der Waals surface area contributed by atoms with Crippen molar-refractivity contribution in [1.29, 1.82) is 0 Å². The van der Waals surface area contributed by atoms with Crippen LogP contribution in [0.5, 0.6) is 0 Å². The summed E-state index contributed by atoms with van der Waals surface area (Å²) >= 11 is 0. The summed E-state index contributed by atoms with van der Waals surface area (Å²) in [6.07, 6.45) is 7.30. The van der Waals surface area contributed by atoms with Crippen LogP contribution in [0.4, 0.5) is 0 Å². The molecule has 0 aromatic rings. The van der Waals surface area contributed by atoms with E-state index in [0.717, 1.165) is 57.9 Å². The lowest BCUT2D eigenvalue weighted by atomic mass is 9.96. The highest BCUT2D eigenvalue weighted by molar-refractivity contribution is 5.75. The number of hydrogen-bond acceptors (Lipinski definition) is 3. The molecule has 4 heteroatoms. The zero-order valence-electron chi connectivity index (χ0n) is 12.3. The van der Waals surface area contributed by atoms with Crippen molar-refractivity contribution in [3.05, 3.63) is 0 Å². The van der Waals surface area contributed by atoms with E-state index in [0.29, 0.717) is 12.3 Å². The maximum absolute atomic E-state index is 11.6. The van der Waals surface area contributed by atoms with Crippen molar-refractivity contribution >= 4 is 5.91 Å². The van der Waals surface area contributed by atoms with E-state index < -0.39 is 0 Å². The fourth-order valence-electron chi connectivity index (χ4n) is 2.15. The molecule has 0 radical (unpaired) electrons. The maximum Gasteiger partial charge on any atom is 0.220 e. The molecule has 0 heterocycles. The van der Waals surface area contributed by atoms with Gasteiger partial charge in [0.1, 0.15) is 0 Å². The Morgan fingerprint density at radius 3 is 2.84 bits per heavy atom. The van der Waals surface area contributed by atoms with Crippen LogP contribution in [0.25, 0.3) is 0 Å².